The molecule has 1 saturated carbocycles. The number of hydrogen-bond acceptors (Lipinski definition) is 3. The molecule has 1 fully saturated rings. The van der Waals surface area contributed by atoms with Gasteiger partial charge < -0.3 is 5.32 Å². The first-order chi connectivity index (χ1) is 10.4. The lowest BCUT2D eigenvalue weighted by atomic mass is 9.95. The van der Waals surface area contributed by atoms with Gasteiger partial charge in [-0.1, -0.05) is 49.1 Å². The molecule has 2 rings (SSSR count). The first kappa shape index (κ1) is 17.3. The van der Waals surface area contributed by atoms with Crippen molar-refractivity contribution in [3.8, 4) is 0 Å². The molecule has 0 spiro atoms. The van der Waals surface area contributed by atoms with Gasteiger partial charge in [-0.15, -0.1) is 0 Å². The molecule has 0 saturated heterocycles. The summed E-state index contributed by atoms with van der Waals surface area (Å²) in [5, 5.41) is 2.22. The van der Waals surface area contributed by atoms with Crippen molar-refractivity contribution in [1.82, 2.24) is 5.32 Å². The van der Waals surface area contributed by atoms with E-state index in [1.165, 1.54) is 13.3 Å². The minimum atomic E-state index is -3.58. The molecule has 0 heterocycles. The summed E-state index contributed by atoms with van der Waals surface area (Å²) in [6.07, 6.45) is 5.23. The smallest absolute Gasteiger partial charge is 0.238 e. The molecular weight excluding hydrogens is 322 g/mol. The first-order valence-electron chi connectivity index (χ1n) is 7.65. The van der Waals surface area contributed by atoms with Gasteiger partial charge in [-0.05, 0) is 31.4 Å². The Hall–Kier alpha value is -1.07. The van der Waals surface area contributed by atoms with E-state index in [9.17, 15) is 13.2 Å². The molecule has 1 aliphatic carbocycles. The van der Waals surface area contributed by atoms with E-state index in [1.54, 1.807) is 24.3 Å². The molecule has 6 heteroatoms. The van der Waals surface area contributed by atoms with Gasteiger partial charge in [0.2, 0.25) is 5.91 Å². The Morgan fingerprint density at radius 2 is 1.91 bits per heavy atom. The average molecular weight is 344 g/mol. The zero-order valence-electron chi connectivity index (χ0n) is 12.7. The highest BCUT2D eigenvalue weighted by Gasteiger charge is 2.30. The van der Waals surface area contributed by atoms with Crippen LogP contribution in [0.1, 0.15) is 44.6 Å². The maximum Gasteiger partial charge on any atom is 0.238 e. The van der Waals surface area contributed by atoms with E-state index < -0.39 is 21.0 Å². The number of carbonyl (C=O) groups is 1. The van der Waals surface area contributed by atoms with Crippen molar-refractivity contribution in [3.63, 3.8) is 0 Å². The monoisotopic (exact) mass is 343 g/mol. The van der Waals surface area contributed by atoms with Gasteiger partial charge in [0.1, 0.15) is 5.25 Å². The van der Waals surface area contributed by atoms with Crippen LogP contribution in [0.15, 0.2) is 24.3 Å². The molecule has 0 aromatic heterocycles. The van der Waals surface area contributed by atoms with Crippen molar-refractivity contribution in [3.05, 3.63) is 34.9 Å². The molecule has 1 aliphatic rings. The minimum Gasteiger partial charge on any atom is -0.352 e. The quantitative estimate of drug-likeness (QED) is 0.893. The maximum atomic E-state index is 12.4. The Labute approximate surface area is 137 Å². The third-order valence-electron chi connectivity index (χ3n) is 4.17. The minimum absolute atomic E-state index is 0.110. The van der Waals surface area contributed by atoms with Crippen LogP contribution in [0.4, 0.5) is 0 Å². The standard InChI is InChI=1S/C16H22ClNO3S/c1-12(16(19)18-14-8-3-2-4-9-14)22(20,21)11-13-7-5-6-10-15(13)17/h5-7,10,12,14H,2-4,8-9,11H2,1H3,(H,18,19)/t12-/m1/s1. The number of halogens is 1. The predicted molar refractivity (Wildman–Crippen MR) is 88.6 cm³/mol. The van der Waals surface area contributed by atoms with Crippen LogP contribution in [0.2, 0.25) is 5.02 Å². The van der Waals surface area contributed by atoms with Crippen molar-refractivity contribution >= 4 is 27.3 Å². The lowest BCUT2D eigenvalue weighted by Gasteiger charge is -2.24. The van der Waals surface area contributed by atoms with E-state index in [0.717, 1.165) is 25.7 Å². The van der Waals surface area contributed by atoms with E-state index in [4.69, 9.17) is 11.6 Å². The number of amides is 1. The van der Waals surface area contributed by atoms with Gasteiger partial charge in [0.15, 0.2) is 9.84 Å². The first-order valence-corrected chi connectivity index (χ1v) is 9.75. The molecule has 1 aromatic carbocycles. The number of sulfone groups is 1. The molecule has 0 radical (unpaired) electrons. The number of hydrogen-bond donors (Lipinski definition) is 1. The SMILES string of the molecule is C[C@H](C(=O)NC1CCCCC1)S(=O)(=O)Cc1ccccc1Cl. The second-order valence-corrected chi connectivity index (χ2v) is 8.61. The molecule has 22 heavy (non-hydrogen) atoms. The molecule has 0 aliphatic heterocycles. The summed E-state index contributed by atoms with van der Waals surface area (Å²) in [5.74, 6) is -0.620. The highest BCUT2D eigenvalue weighted by atomic mass is 35.5. The fraction of sp³-hybridized carbons (Fsp3) is 0.562. The molecule has 0 bridgehead atoms. The van der Waals surface area contributed by atoms with E-state index in [-0.39, 0.29) is 11.8 Å². The fourth-order valence-corrected chi connectivity index (χ4v) is 4.30. The second-order valence-electron chi connectivity index (χ2n) is 5.88. The molecular formula is C16H22ClNO3S. The molecule has 0 unspecified atom stereocenters. The Balaban J connectivity index is 2.01. The van der Waals surface area contributed by atoms with Crippen molar-refractivity contribution in [2.45, 2.75) is 56.1 Å². The van der Waals surface area contributed by atoms with Crippen LogP contribution in [-0.2, 0) is 20.4 Å². The normalized spacial score (nSPS) is 17.9. The molecule has 1 atom stereocenters. The van der Waals surface area contributed by atoms with Crippen molar-refractivity contribution in [2.24, 2.45) is 0 Å². The number of nitrogens with one attached hydrogen (secondary N) is 1. The van der Waals surface area contributed by atoms with Crippen LogP contribution in [0.3, 0.4) is 0 Å². The van der Waals surface area contributed by atoms with Crippen molar-refractivity contribution in [1.29, 1.82) is 0 Å². The molecule has 122 valence electrons. The summed E-state index contributed by atoms with van der Waals surface area (Å²) >= 11 is 6.01. The maximum absolute atomic E-state index is 12.4. The number of carbonyl (C=O) groups excluding carboxylic acids is 1. The molecule has 1 N–H and O–H groups in total. The second kappa shape index (κ2) is 7.47. The summed E-state index contributed by atoms with van der Waals surface area (Å²) in [5.41, 5.74) is 0.529. The summed E-state index contributed by atoms with van der Waals surface area (Å²) in [7, 11) is -3.58. The highest BCUT2D eigenvalue weighted by Crippen LogP contribution is 2.21. The topological polar surface area (TPSA) is 63.2 Å². The summed E-state index contributed by atoms with van der Waals surface area (Å²) < 4.78 is 24.8. The van der Waals surface area contributed by atoms with E-state index in [2.05, 4.69) is 5.32 Å². The van der Waals surface area contributed by atoms with Gasteiger partial charge in [-0.2, -0.15) is 0 Å². The Morgan fingerprint density at radius 1 is 1.27 bits per heavy atom. The van der Waals surface area contributed by atoms with Crippen molar-refractivity contribution < 1.29 is 13.2 Å². The largest absolute Gasteiger partial charge is 0.352 e. The van der Waals surface area contributed by atoms with Crippen LogP contribution in [0.5, 0.6) is 0 Å². The fourth-order valence-electron chi connectivity index (χ4n) is 2.69. The van der Waals surface area contributed by atoms with Gasteiger partial charge in [0.25, 0.3) is 0 Å². The van der Waals surface area contributed by atoms with Gasteiger partial charge in [0, 0.05) is 11.1 Å². The van der Waals surface area contributed by atoms with Crippen LogP contribution < -0.4 is 5.32 Å². The summed E-state index contributed by atoms with van der Waals surface area (Å²) in [6.45, 7) is 1.45. The van der Waals surface area contributed by atoms with Gasteiger partial charge in [-0.3, -0.25) is 4.79 Å². The third-order valence-corrected chi connectivity index (χ3v) is 6.55. The Bertz CT molecular complexity index is 624. The van der Waals surface area contributed by atoms with E-state index >= 15 is 0 Å². The van der Waals surface area contributed by atoms with Crippen LogP contribution in [-0.4, -0.2) is 25.6 Å². The Kier molecular flexibility index (Phi) is 5.87. The highest BCUT2D eigenvalue weighted by molar-refractivity contribution is 7.92. The summed E-state index contributed by atoms with van der Waals surface area (Å²) in [4.78, 5) is 12.2. The zero-order chi connectivity index (χ0) is 16.2. The van der Waals surface area contributed by atoms with Crippen LogP contribution in [0.25, 0.3) is 0 Å². The lowest BCUT2D eigenvalue weighted by molar-refractivity contribution is -0.121. The van der Waals surface area contributed by atoms with Gasteiger partial charge in [0.05, 0.1) is 5.75 Å². The molecule has 4 nitrogen and oxygen atoms in total. The van der Waals surface area contributed by atoms with Crippen LogP contribution >= 0.6 is 11.6 Å². The van der Waals surface area contributed by atoms with Gasteiger partial charge in [-0.25, -0.2) is 8.42 Å². The molecule has 1 amide bonds. The number of benzene rings is 1. The van der Waals surface area contributed by atoms with Crippen molar-refractivity contribution in [2.75, 3.05) is 0 Å². The zero-order valence-corrected chi connectivity index (χ0v) is 14.3. The number of rotatable bonds is 5. The summed E-state index contributed by atoms with van der Waals surface area (Å²) in [6, 6.07) is 6.92. The Morgan fingerprint density at radius 3 is 2.55 bits per heavy atom. The lowest BCUT2D eigenvalue weighted by Crippen LogP contribution is -2.44. The third kappa shape index (κ3) is 4.46. The van der Waals surface area contributed by atoms with Crippen LogP contribution in [0, 0.1) is 0 Å². The van der Waals surface area contributed by atoms with E-state index in [1.807, 2.05) is 0 Å². The predicted octanol–water partition coefficient (Wildman–Crippen LogP) is 3.09. The van der Waals surface area contributed by atoms with E-state index in [0.29, 0.717) is 10.6 Å². The van der Waals surface area contributed by atoms with Gasteiger partial charge >= 0.3 is 0 Å². The average Bonchev–Trinajstić information content (AvgIpc) is 2.49. The molecule has 1 aromatic rings.